The van der Waals surface area contributed by atoms with Gasteiger partial charge >= 0.3 is 12.1 Å². The maximum atomic E-state index is 12.6. The average Bonchev–Trinajstić information content (AvgIpc) is 2.66. The Kier molecular flexibility index (Phi) is 9.13. The summed E-state index contributed by atoms with van der Waals surface area (Å²) >= 11 is 0. The Morgan fingerprint density at radius 1 is 1.07 bits per heavy atom. The fourth-order valence-electron chi connectivity index (χ4n) is 2.67. The molecular weight excluding hydrogens is 407 g/mol. The lowest BCUT2D eigenvalue weighted by molar-refractivity contribution is -0.185. The first-order chi connectivity index (χ1) is 13.2. The van der Waals surface area contributed by atoms with E-state index in [2.05, 4.69) is 5.32 Å². The monoisotopic (exact) mass is 429 g/mol. The molecule has 0 spiro atoms. The first kappa shape index (κ1) is 24.5. The van der Waals surface area contributed by atoms with Crippen molar-refractivity contribution < 1.29 is 22.8 Å². The zero-order valence-electron chi connectivity index (χ0n) is 15.8. The normalized spacial score (nSPS) is 11.9. The number of anilines is 1. The molecule has 0 aliphatic carbocycles. The van der Waals surface area contributed by atoms with E-state index >= 15 is 0 Å². The highest BCUT2D eigenvalue weighted by molar-refractivity contribution is 5.95. The molecule has 2 amide bonds. The second-order valence-electron chi connectivity index (χ2n) is 6.30. The van der Waals surface area contributed by atoms with Gasteiger partial charge in [0, 0.05) is 18.8 Å². The Hall–Kier alpha value is -2.58. The fraction of sp³-hybridized carbons (Fsp3) is 0.300. The van der Waals surface area contributed by atoms with E-state index in [4.69, 9.17) is 5.73 Å². The number of nitrogens with two attached hydrogens (primary N) is 1. The van der Waals surface area contributed by atoms with Gasteiger partial charge in [-0.2, -0.15) is 13.2 Å². The maximum absolute atomic E-state index is 12.6. The van der Waals surface area contributed by atoms with Crippen molar-refractivity contribution in [2.75, 3.05) is 11.9 Å². The van der Waals surface area contributed by atoms with Gasteiger partial charge in [-0.15, -0.1) is 12.4 Å². The van der Waals surface area contributed by atoms with E-state index in [-0.39, 0.29) is 25.5 Å². The van der Waals surface area contributed by atoms with Crippen LogP contribution in [0.15, 0.2) is 54.6 Å². The molecule has 9 heteroatoms. The van der Waals surface area contributed by atoms with Crippen LogP contribution in [0.2, 0.25) is 0 Å². The van der Waals surface area contributed by atoms with Crippen LogP contribution in [0.25, 0.3) is 0 Å². The summed E-state index contributed by atoms with van der Waals surface area (Å²) in [6.45, 7) is 1.17. The molecule has 2 aromatic rings. The Bertz CT molecular complexity index is 816. The van der Waals surface area contributed by atoms with Crippen LogP contribution >= 0.6 is 12.4 Å². The first-order valence-corrected chi connectivity index (χ1v) is 8.76. The Morgan fingerprint density at radius 3 is 2.28 bits per heavy atom. The standard InChI is InChI=1S/C20H22F3N3O2.ClH/c1-2-26(19(28)20(21,22)23)13-15-9-6-10-16(11-15)25-18(27)17(24)12-14-7-4-3-5-8-14;/h3-11,17H,2,12-13,24H2,1H3,(H,25,27);1H/t17-;/m0./s1. The highest BCUT2D eigenvalue weighted by atomic mass is 35.5. The summed E-state index contributed by atoms with van der Waals surface area (Å²) in [5, 5.41) is 2.66. The topological polar surface area (TPSA) is 75.4 Å². The molecule has 2 rings (SSSR count). The number of hydrogen-bond donors (Lipinski definition) is 2. The lowest BCUT2D eigenvalue weighted by Gasteiger charge is -2.22. The third-order valence-electron chi connectivity index (χ3n) is 4.11. The van der Waals surface area contributed by atoms with Crippen LogP contribution in [-0.4, -0.2) is 35.5 Å². The molecule has 0 saturated heterocycles. The predicted molar refractivity (Wildman–Crippen MR) is 108 cm³/mol. The summed E-state index contributed by atoms with van der Waals surface area (Å²) in [7, 11) is 0. The molecule has 0 aliphatic heterocycles. The van der Waals surface area contributed by atoms with E-state index in [1.54, 1.807) is 18.2 Å². The van der Waals surface area contributed by atoms with Gasteiger partial charge in [0.2, 0.25) is 5.91 Å². The van der Waals surface area contributed by atoms with E-state index in [0.717, 1.165) is 5.56 Å². The lowest BCUT2D eigenvalue weighted by atomic mass is 10.1. The molecule has 1 atom stereocenters. The minimum absolute atomic E-state index is 0. The van der Waals surface area contributed by atoms with E-state index in [9.17, 15) is 22.8 Å². The SMILES string of the molecule is CCN(Cc1cccc(NC(=O)[C@@H](N)Cc2ccccc2)c1)C(=O)C(F)(F)F.Cl. The molecule has 0 radical (unpaired) electrons. The summed E-state index contributed by atoms with van der Waals surface area (Å²) < 4.78 is 37.9. The van der Waals surface area contributed by atoms with Gasteiger partial charge in [0.1, 0.15) is 0 Å². The third kappa shape index (κ3) is 7.40. The van der Waals surface area contributed by atoms with Crippen molar-refractivity contribution in [1.82, 2.24) is 4.90 Å². The molecular formula is C20H23ClF3N3O2. The molecule has 5 nitrogen and oxygen atoms in total. The van der Waals surface area contributed by atoms with Crippen molar-refractivity contribution in [2.24, 2.45) is 5.73 Å². The second kappa shape index (κ2) is 10.8. The highest BCUT2D eigenvalue weighted by Crippen LogP contribution is 2.21. The van der Waals surface area contributed by atoms with Gasteiger partial charge in [0.25, 0.3) is 0 Å². The molecule has 0 aromatic heterocycles. The fourth-order valence-corrected chi connectivity index (χ4v) is 2.67. The molecule has 158 valence electrons. The number of hydrogen-bond acceptors (Lipinski definition) is 3. The van der Waals surface area contributed by atoms with Crippen molar-refractivity contribution in [3.63, 3.8) is 0 Å². The van der Waals surface area contributed by atoms with Crippen LogP contribution in [0.4, 0.5) is 18.9 Å². The number of benzene rings is 2. The Morgan fingerprint density at radius 2 is 1.69 bits per heavy atom. The number of carbonyl (C=O) groups is 2. The smallest absolute Gasteiger partial charge is 0.331 e. The number of amides is 2. The van der Waals surface area contributed by atoms with E-state index < -0.39 is 24.0 Å². The van der Waals surface area contributed by atoms with E-state index in [1.807, 2.05) is 30.3 Å². The van der Waals surface area contributed by atoms with Gasteiger partial charge in [0.15, 0.2) is 0 Å². The Balaban J connectivity index is 0.00000420. The molecule has 0 unspecified atom stereocenters. The summed E-state index contributed by atoms with van der Waals surface area (Å²) in [6.07, 6.45) is -4.57. The molecule has 0 bridgehead atoms. The molecule has 0 aliphatic rings. The van der Waals surface area contributed by atoms with Gasteiger partial charge in [-0.25, -0.2) is 0 Å². The van der Waals surface area contributed by atoms with Crippen molar-refractivity contribution in [3.8, 4) is 0 Å². The minimum atomic E-state index is -4.92. The van der Waals surface area contributed by atoms with Crippen LogP contribution in [-0.2, 0) is 22.6 Å². The van der Waals surface area contributed by atoms with Crippen molar-refractivity contribution in [3.05, 3.63) is 65.7 Å². The largest absolute Gasteiger partial charge is 0.471 e. The number of rotatable bonds is 7. The van der Waals surface area contributed by atoms with Crippen LogP contribution in [0.1, 0.15) is 18.1 Å². The van der Waals surface area contributed by atoms with Crippen LogP contribution in [0.5, 0.6) is 0 Å². The molecule has 29 heavy (non-hydrogen) atoms. The van der Waals surface area contributed by atoms with Gasteiger partial charge in [-0.1, -0.05) is 42.5 Å². The van der Waals surface area contributed by atoms with Crippen LogP contribution in [0, 0.1) is 0 Å². The van der Waals surface area contributed by atoms with Gasteiger partial charge in [0.05, 0.1) is 6.04 Å². The van der Waals surface area contributed by atoms with Gasteiger partial charge < -0.3 is 16.0 Å². The van der Waals surface area contributed by atoms with Crippen molar-refractivity contribution in [2.45, 2.75) is 32.1 Å². The van der Waals surface area contributed by atoms with Gasteiger partial charge in [-0.3, -0.25) is 9.59 Å². The maximum Gasteiger partial charge on any atom is 0.471 e. The van der Waals surface area contributed by atoms with Gasteiger partial charge in [-0.05, 0) is 36.6 Å². The summed E-state index contributed by atoms with van der Waals surface area (Å²) in [4.78, 5) is 24.4. The zero-order valence-corrected chi connectivity index (χ0v) is 16.6. The molecule has 0 fully saturated rings. The number of alkyl halides is 3. The average molecular weight is 430 g/mol. The van der Waals surface area contributed by atoms with Crippen LogP contribution in [0.3, 0.4) is 0 Å². The molecule has 2 aromatic carbocycles. The zero-order chi connectivity index (χ0) is 20.7. The molecule has 0 saturated carbocycles. The quantitative estimate of drug-likeness (QED) is 0.707. The minimum Gasteiger partial charge on any atom is -0.331 e. The first-order valence-electron chi connectivity index (χ1n) is 8.76. The van der Waals surface area contributed by atoms with Crippen molar-refractivity contribution in [1.29, 1.82) is 0 Å². The van der Waals surface area contributed by atoms with Crippen molar-refractivity contribution >= 4 is 29.9 Å². The summed E-state index contributed by atoms with van der Waals surface area (Å²) in [5.74, 6) is -2.30. The molecule has 3 N–H and O–H groups in total. The summed E-state index contributed by atoms with van der Waals surface area (Å²) in [6, 6.07) is 14.9. The van der Waals surface area contributed by atoms with Crippen LogP contribution < -0.4 is 11.1 Å². The second-order valence-corrected chi connectivity index (χ2v) is 6.30. The third-order valence-corrected chi connectivity index (χ3v) is 4.11. The Labute approximate surface area is 173 Å². The number of halogens is 4. The summed E-state index contributed by atoms with van der Waals surface area (Å²) in [5.41, 5.74) is 7.73. The van der Waals surface area contributed by atoms with E-state index in [0.29, 0.717) is 22.6 Å². The number of carbonyl (C=O) groups excluding carboxylic acids is 2. The highest BCUT2D eigenvalue weighted by Gasteiger charge is 2.41. The molecule has 0 heterocycles. The lowest BCUT2D eigenvalue weighted by Crippen LogP contribution is -2.40. The predicted octanol–water partition coefficient (Wildman–Crippen LogP) is 3.53. The number of nitrogens with zero attached hydrogens (tertiary/aromatic N) is 1. The number of nitrogens with one attached hydrogen (secondary N) is 1. The van der Waals surface area contributed by atoms with E-state index in [1.165, 1.54) is 13.0 Å².